The third-order valence-electron chi connectivity index (χ3n) is 1.45. The Bertz CT molecular complexity index is 533. The first-order chi connectivity index (χ1) is 7.69. The highest BCUT2D eigenvalue weighted by Crippen LogP contribution is 2.28. The molecule has 0 unspecified atom stereocenters. The van der Waals surface area contributed by atoms with E-state index in [-0.39, 0.29) is 22.0 Å². The first-order valence-corrected chi connectivity index (χ1v) is 4.74. The van der Waals surface area contributed by atoms with Crippen molar-refractivity contribution in [1.29, 1.82) is 0 Å². The highest BCUT2D eigenvalue weighted by molar-refractivity contribution is 7.17. The van der Waals surface area contributed by atoms with E-state index in [1.54, 1.807) is 0 Å². The molecular formula is C8H4N4O3S. The molecule has 1 aromatic rings. The van der Waals surface area contributed by atoms with Crippen LogP contribution in [0.15, 0.2) is 11.2 Å². The van der Waals surface area contributed by atoms with Crippen molar-refractivity contribution in [1.82, 2.24) is 0 Å². The molecule has 0 aromatic carbocycles. The van der Waals surface area contributed by atoms with Crippen molar-refractivity contribution in [2.45, 2.75) is 0 Å². The molecule has 0 spiro atoms. The van der Waals surface area contributed by atoms with Crippen LogP contribution in [0.25, 0.3) is 10.4 Å². The van der Waals surface area contributed by atoms with Crippen LogP contribution in [0.4, 0.5) is 5.00 Å². The van der Waals surface area contributed by atoms with Crippen molar-refractivity contribution in [2.75, 3.05) is 6.54 Å². The standard InChI is InChI=1S/C8H4N4O3S/c9-11-10-3-1-2-6-4-7(5-13)16-8(6)12(14)15/h4-5H,3H2. The fourth-order valence-corrected chi connectivity index (χ4v) is 1.63. The zero-order valence-corrected chi connectivity index (χ0v) is 8.60. The van der Waals surface area contributed by atoms with E-state index in [0.29, 0.717) is 6.29 Å². The SMILES string of the molecule is [N-]=[N+]=NCC#Cc1cc(C=O)sc1[N+](=O)[O-]. The highest BCUT2D eigenvalue weighted by Gasteiger charge is 2.17. The number of hydrogen-bond acceptors (Lipinski definition) is 5. The summed E-state index contributed by atoms with van der Waals surface area (Å²) < 4.78 is 0. The van der Waals surface area contributed by atoms with Crippen LogP contribution < -0.4 is 0 Å². The summed E-state index contributed by atoms with van der Waals surface area (Å²) in [7, 11) is 0. The number of rotatable bonds is 3. The van der Waals surface area contributed by atoms with Crippen LogP contribution in [0.3, 0.4) is 0 Å². The van der Waals surface area contributed by atoms with Crippen molar-refractivity contribution in [3.05, 3.63) is 37.1 Å². The summed E-state index contributed by atoms with van der Waals surface area (Å²) in [5, 5.41) is 13.6. The predicted octanol–water partition coefficient (Wildman–Crippen LogP) is 2.13. The van der Waals surface area contributed by atoms with Crippen LogP contribution in [0.2, 0.25) is 0 Å². The van der Waals surface area contributed by atoms with E-state index < -0.39 is 4.92 Å². The Morgan fingerprint density at radius 3 is 3.06 bits per heavy atom. The average Bonchev–Trinajstić information content (AvgIpc) is 2.68. The van der Waals surface area contributed by atoms with Gasteiger partial charge in [0.15, 0.2) is 6.29 Å². The average molecular weight is 236 g/mol. The Balaban J connectivity index is 3.04. The largest absolute Gasteiger partial charge is 0.340 e. The van der Waals surface area contributed by atoms with Gasteiger partial charge in [-0.05, 0) is 11.6 Å². The number of carbonyl (C=O) groups excluding carboxylic acids is 1. The molecule has 0 bridgehead atoms. The molecule has 16 heavy (non-hydrogen) atoms. The highest BCUT2D eigenvalue weighted by atomic mass is 32.1. The quantitative estimate of drug-likeness (QED) is 0.152. The molecule has 80 valence electrons. The van der Waals surface area contributed by atoms with Crippen LogP contribution >= 0.6 is 11.3 Å². The Hall–Kier alpha value is -2.36. The molecule has 1 rings (SSSR count). The number of nitro groups is 1. The minimum Gasteiger partial charge on any atom is -0.297 e. The van der Waals surface area contributed by atoms with Crippen molar-refractivity contribution < 1.29 is 9.72 Å². The number of hydrogen-bond donors (Lipinski definition) is 0. The van der Waals surface area contributed by atoms with Gasteiger partial charge >= 0.3 is 5.00 Å². The number of carbonyl (C=O) groups is 1. The summed E-state index contributed by atoms with van der Waals surface area (Å²) in [6.07, 6.45) is 0.524. The maximum Gasteiger partial charge on any atom is 0.340 e. The van der Waals surface area contributed by atoms with Crippen molar-refractivity contribution in [3.8, 4) is 11.8 Å². The molecule has 7 nitrogen and oxygen atoms in total. The molecular weight excluding hydrogens is 232 g/mol. The van der Waals surface area contributed by atoms with Gasteiger partial charge in [0.05, 0.1) is 16.3 Å². The Labute approximate surface area is 93.5 Å². The normalized spacial score (nSPS) is 8.50. The van der Waals surface area contributed by atoms with Gasteiger partial charge in [0, 0.05) is 4.91 Å². The molecule has 0 fully saturated rings. The molecule has 1 aromatic heterocycles. The van der Waals surface area contributed by atoms with Crippen LogP contribution in [0, 0.1) is 22.0 Å². The van der Waals surface area contributed by atoms with E-state index in [1.165, 1.54) is 6.07 Å². The van der Waals surface area contributed by atoms with Crippen LogP contribution in [0.1, 0.15) is 15.2 Å². The summed E-state index contributed by atoms with van der Waals surface area (Å²) in [5.41, 5.74) is 8.14. The zero-order chi connectivity index (χ0) is 12.0. The molecule has 0 amide bonds. The maximum absolute atomic E-state index is 10.6. The molecule has 0 N–H and O–H groups in total. The lowest BCUT2D eigenvalue weighted by atomic mass is 10.3. The molecule has 8 heteroatoms. The van der Waals surface area contributed by atoms with Crippen molar-refractivity contribution >= 4 is 22.6 Å². The first-order valence-electron chi connectivity index (χ1n) is 3.92. The van der Waals surface area contributed by atoms with Gasteiger partial charge in [0.2, 0.25) is 0 Å². The number of thiophene rings is 1. The lowest BCUT2D eigenvalue weighted by Gasteiger charge is -1.83. The molecule has 0 atom stereocenters. The van der Waals surface area contributed by atoms with E-state index in [2.05, 4.69) is 21.9 Å². The fraction of sp³-hybridized carbons (Fsp3) is 0.125. The van der Waals surface area contributed by atoms with E-state index >= 15 is 0 Å². The number of azide groups is 1. The molecule has 1 heterocycles. The second kappa shape index (κ2) is 5.50. The predicted molar refractivity (Wildman–Crippen MR) is 57.3 cm³/mol. The van der Waals surface area contributed by atoms with Crippen LogP contribution in [-0.4, -0.2) is 17.8 Å². The topological polar surface area (TPSA) is 109 Å². The summed E-state index contributed by atoms with van der Waals surface area (Å²) in [6, 6.07) is 1.33. The van der Waals surface area contributed by atoms with E-state index in [1.807, 2.05) is 0 Å². The van der Waals surface area contributed by atoms with Gasteiger partial charge in [-0.1, -0.05) is 28.3 Å². The maximum atomic E-state index is 10.6. The fourth-order valence-electron chi connectivity index (χ4n) is 0.885. The van der Waals surface area contributed by atoms with Gasteiger partial charge in [-0.15, -0.1) is 0 Å². The number of aldehydes is 1. The molecule has 0 radical (unpaired) electrons. The van der Waals surface area contributed by atoms with Crippen molar-refractivity contribution in [2.24, 2.45) is 5.11 Å². The summed E-state index contributed by atoms with van der Waals surface area (Å²) in [6.45, 7) is -0.0695. The smallest absolute Gasteiger partial charge is 0.297 e. The van der Waals surface area contributed by atoms with E-state index in [9.17, 15) is 14.9 Å². The Morgan fingerprint density at radius 1 is 1.75 bits per heavy atom. The molecule has 0 aliphatic carbocycles. The second-order valence-corrected chi connectivity index (χ2v) is 3.50. The van der Waals surface area contributed by atoms with Gasteiger partial charge in [-0.25, -0.2) is 0 Å². The van der Waals surface area contributed by atoms with E-state index in [4.69, 9.17) is 5.53 Å². The second-order valence-electron chi connectivity index (χ2n) is 2.43. The molecule has 0 aliphatic rings. The Morgan fingerprint density at radius 2 is 2.50 bits per heavy atom. The number of nitrogens with zero attached hydrogens (tertiary/aromatic N) is 4. The summed E-state index contributed by atoms with van der Waals surface area (Å²) in [4.78, 5) is 23.1. The third kappa shape index (κ3) is 2.81. The van der Waals surface area contributed by atoms with Crippen LogP contribution in [0.5, 0.6) is 0 Å². The van der Waals surface area contributed by atoms with Crippen LogP contribution in [-0.2, 0) is 0 Å². The minimum atomic E-state index is -0.602. The van der Waals surface area contributed by atoms with Crippen molar-refractivity contribution in [3.63, 3.8) is 0 Å². The van der Waals surface area contributed by atoms with E-state index in [0.717, 1.165) is 11.3 Å². The van der Waals surface area contributed by atoms with Gasteiger partial charge in [0.1, 0.15) is 5.56 Å². The Kier molecular flexibility index (Phi) is 4.03. The van der Waals surface area contributed by atoms with Gasteiger partial charge in [0.25, 0.3) is 0 Å². The van der Waals surface area contributed by atoms with Gasteiger partial charge in [-0.2, -0.15) is 0 Å². The molecule has 0 saturated heterocycles. The zero-order valence-electron chi connectivity index (χ0n) is 7.78. The summed E-state index contributed by atoms with van der Waals surface area (Å²) in [5.74, 6) is 4.93. The lowest BCUT2D eigenvalue weighted by molar-refractivity contribution is -0.380. The molecule has 0 aliphatic heterocycles. The first kappa shape index (κ1) is 11.7. The monoisotopic (exact) mass is 236 g/mol. The summed E-state index contributed by atoms with van der Waals surface area (Å²) >= 11 is 0.758. The van der Waals surface area contributed by atoms with Gasteiger partial charge < -0.3 is 0 Å². The lowest BCUT2D eigenvalue weighted by Crippen LogP contribution is -1.86. The minimum absolute atomic E-state index is 0.0695. The third-order valence-corrected chi connectivity index (χ3v) is 2.46. The molecule has 0 saturated carbocycles. The van der Waals surface area contributed by atoms with Gasteiger partial charge in [-0.3, -0.25) is 14.9 Å².